The molecular weight excluding hydrogens is 313 g/mol. The van der Waals surface area contributed by atoms with Crippen molar-refractivity contribution >= 4 is 5.71 Å². The number of allylic oxidation sites excluding steroid dienone is 2. The van der Waals surface area contributed by atoms with Gasteiger partial charge >= 0.3 is 6.18 Å². The van der Waals surface area contributed by atoms with Crippen molar-refractivity contribution < 1.29 is 13.2 Å². The Morgan fingerprint density at radius 2 is 1.75 bits per heavy atom. The molecule has 2 nitrogen and oxygen atoms in total. The van der Waals surface area contributed by atoms with Gasteiger partial charge in [0, 0.05) is 18.3 Å². The van der Waals surface area contributed by atoms with Gasteiger partial charge in [-0.3, -0.25) is 4.99 Å². The van der Waals surface area contributed by atoms with Crippen LogP contribution in [0.4, 0.5) is 13.2 Å². The van der Waals surface area contributed by atoms with E-state index in [1.165, 1.54) is 17.7 Å². The molecule has 0 N–H and O–H groups in total. The average Bonchev–Trinajstić information content (AvgIpc) is 2.52. The molecule has 0 bridgehead atoms. The standard InChI is InChI=1S/C19H21F3N2/c1-18(2,3)24-12-4-5-14-10-11-23-16(17(14)24)13-6-8-15(9-7-13)19(20,21)22/h4-9,12,17H,10-11H2,1-3H3. The Kier molecular flexibility index (Phi) is 4.06. The molecule has 2 heterocycles. The molecule has 0 saturated heterocycles. The van der Waals surface area contributed by atoms with E-state index in [0.717, 1.165) is 29.8 Å². The molecular formula is C19H21F3N2. The number of rotatable bonds is 1. The highest BCUT2D eigenvalue weighted by Crippen LogP contribution is 2.34. The molecule has 0 amide bonds. The van der Waals surface area contributed by atoms with Crippen molar-refractivity contribution in [2.45, 2.75) is 44.9 Å². The van der Waals surface area contributed by atoms with Crippen LogP contribution >= 0.6 is 0 Å². The predicted molar refractivity (Wildman–Crippen MR) is 90.1 cm³/mol. The molecule has 2 aliphatic rings. The second-order valence-electron chi connectivity index (χ2n) is 7.16. The fraction of sp³-hybridized carbons (Fsp3) is 0.421. The quantitative estimate of drug-likeness (QED) is 0.719. The van der Waals surface area contributed by atoms with Gasteiger partial charge in [0.2, 0.25) is 0 Å². The summed E-state index contributed by atoms with van der Waals surface area (Å²) >= 11 is 0. The lowest BCUT2D eigenvalue weighted by Gasteiger charge is -2.45. The Hall–Kier alpha value is -2.04. The molecule has 2 aliphatic heterocycles. The molecule has 1 aromatic carbocycles. The lowest BCUT2D eigenvalue weighted by atomic mass is 9.86. The summed E-state index contributed by atoms with van der Waals surface area (Å²) in [6, 6.07) is 5.32. The van der Waals surface area contributed by atoms with E-state index in [-0.39, 0.29) is 11.6 Å². The highest BCUT2D eigenvalue weighted by molar-refractivity contribution is 6.07. The smallest absolute Gasteiger partial charge is 0.360 e. The highest BCUT2D eigenvalue weighted by Gasteiger charge is 2.36. The molecule has 0 aromatic heterocycles. The van der Waals surface area contributed by atoms with Crippen LogP contribution in [-0.2, 0) is 6.18 Å². The Labute approximate surface area is 140 Å². The van der Waals surface area contributed by atoms with Gasteiger partial charge in [-0.1, -0.05) is 18.2 Å². The molecule has 0 radical (unpaired) electrons. The zero-order valence-electron chi connectivity index (χ0n) is 14.1. The Bertz CT molecular complexity index is 704. The van der Waals surface area contributed by atoms with Crippen molar-refractivity contribution in [2.75, 3.05) is 6.54 Å². The van der Waals surface area contributed by atoms with Crippen molar-refractivity contribution in [3.05, 3.63) is 59.3 Å². The summed E-state index contributed by atoms with van der Waals surface area (Å²) in [5.74, 6) is 0. The largest absolute Gasteiger partial charge is 0.416 e. The lowest BCUT2D eigenvalue weighted by molar-refractivity contribution is -0.137. The monoisotopic (exact) mass is 334 g/mol. The van der Waals surface area contributed by atoms with E-state index in [2.05, 4.69) is 36.7 Å². The maximum Gasteiger partial charge on any atom is 0.416 e. The third-order valence-electron chi connectivity index (χ3n) is 4.41. The van der Waals surface area contributed by atoms with Gasteiger partial charge in [-0.05, 0) is 56.5 Å². The summed E-state index contributed by atoms with van der Waals surface area (Å²) < 4.78 is 38.4. The molecule has 3 rings (SSSR count). The van der Waals surface area contributed by atoms with E-state index in [9.17, 15) is 13.2 Å². The van der Waals surface area contributed by atoms with Gasteiger partial charge in [0.05, 0.1) is 17.3 Å². The van der Waals surface area contributed by atoms with Crippen LogP contribution in [-0.4, -0.2) is 28.7 Å². The van der Waals surface area contributed by atoms with Gasteiger partial charge in [-0.15, -0.1) is 0 Å². The first-order chi connectivity index (χ1) is 11.2. The fourth-order valence-electron chi connectivity index (χ4n) is 3.22. The zero-order chi connectivity index (χ0) is 17.5. The molecule has 1 atom stereocenters. The van der Waals surface area contributed by atoms with Crippen molar-refractivity contribution in [3.8, 4) is 0 Å². The Morgan fingerprint density at radius 1 is 1.08 bits per heavy atom. The number of benzene rings is 1. The minimum Gasteiger partial charge on any atom is -0.360 e. The van der Waals surface area contributed by atoms with E-state index in [4.69, 9.17) is 0 Å². The van der Waals surface area contributed by atoms with E-state index >= 15 is 0 Å². The minimum absolute atomic E-state index is 0.0134. The fourth-order valence-corrected chi connectivity index (χ4v) is 3.22. The first kappa shape index (κ1) is 16.8. The summed E-state index contributed by atoms with van der Waals surface area (Å²) in [4.78, 5) is 6.89. The van der Waals surface area contributed by atoms with Crippen LogP contribution < -0.4 is 0 Å². The molecule has 0 spiro atoms. The van der Waals surface area contributed by atoms with Gasteiger partial charge in [-0.2, -0.15) is 13.2 Å². The molecule has 0 fully saturated rings. The van der Waals surface area contributed by atoms with Crippen molar-refractivity contribution in [3.63, 3.8) is 0 Å². The van der Waals surface area contributed by atoms with Gasteiger partial charge in [-0.25, -0.2) is 0 Å². The summed E-state index contributed by atoms with van der Waals surface area (Å²) in [6.45, 7) is 7.04. The van der Waals surface area contributed by atoms with E-state index in [0.29, 0.717) is 6.54 Å². The summed E-state index contributed by atoms with van der Waals surface area (Å²) in [7, 11) is 0. The number of hydrogen-bond acceptors (Lipinski definition) is 2. The van der Waals surface area contributed by atoms with E-state index in [1.54, 1.807) is 0 Å². The highest BCUT2D eigenvalue weighted by atomic mass is 19.4. The lowest BCUT2D eigenvalue weighted by Crippen LogP contribution is -2.51. The van der Waals surface area contributed by atoms with Gasteiger partial charge < -0.3 is 4.90 Å². The van der Waals surface area contributed by atoms with Crippen molar-refractivity contribution in [1.29, 1.82) is 0 Å². The topological polar surface area (TPSA) is 15.6 Å². The normalized spacial score (nSPS) is 21.2. The van der Waals surface area contributed by atoms with Crippen LogP contribution in [0, 0.1) is 0 Å². The number of fused-ring (bicyclic) bond motifs is 1. The number of nitrogens with zero attached hydrogens (tertiary/aromatic N) is 2. The molecule has 1 unspecified atom stereocenters. The number of halogens is 3. The Balaban J connectivity index is 1.99. The van der Waals surface area contributed by atoms with Gasteiger partial charge in [0.15, 0.2) is 0 Å². The number of aliphatic imine (C=N–C) groups is 1. The second kappa shape index (κ2) is 5.80. The predicted octanol–water partition coefficient (Wildman–Crippen LogP) is 4.82. The van der Waals surface area contributed by atoms with Gasteiger partial charge in [0.1, 0.15) is 0 Å². The third-order valence-corrected chi connectivity index (χ3v) is 4.41. The third kappa shape index (κ3) is 3.12. The first-order valence-corrected chi connectivity index (χ1v) is 8.05. The molecule has 0 saturated carbocycles. The van der Waals surface area contributed by atoms with E-state index < -0.39 is 11.7 Å². The maximum absolute atomic E-state index is 12.8. The van der Waals surface area contributed by atoms with Gasteiger partial charge in [0.25, 0.3) is 0 Å². The van der Waals surface area contributed by atoms with Crippen molar-refractivity contribution in [1.82, 2.24) is 4.90 Å². The summed E-state index contributed by atoms with van der Waals surface area (Å²) in [5.41, 5.74) is 2.13. The van der Waals surface area contributed by atoms with Crippen LogP contribution in [0.3, 0.4) is 0 Å². The zero-order valence-corrected chi connectivity index (χ0v) is 14.1. The molecule has 5 heteroatoms. The van der Waals surface area contributed by atoms with Crippen molar-refractivity contribution in [2.24, 2.45) is 4.99 Å². The minimum atomic E-state index is -4.32. The summed E-state index contributed by atoms with van der Waals surface area (Å²) in [5, 5.41) is 0. The Morgan fingerprint density at radius 3 is 2.33 bits per heavy atom. The number of alkyl halides is 3. The molecule has 0 aliphatic carbocycles. The second-order valence-corrected chi connectivity index (χ2v) is 7.16. The first-order valence-electron chi connectivity index (χ1n) is 8.05. The molecule has 24 heavy (non-hydrogen) atoms. The van der Waals surface area contributed by atoms with Crippen LogP contribution in [0.2, 0.25) is 0 Å². The summed E-state index contributed by atoms with van der Waals surface area (Å²) in [6.07, 6.45) is 2.74. The molecule has 128 valence electrons. The maximum atomic E-state index is 12.8. The van der Waals surface area contributed by atoms with Crippen LogP contribution in [0.5, 0.6) is 0 Å². The van der Waals surface area contributed by atoms with Crippen LogP contribution in [0.15, 0.2) is 53.2 Å². The van der Waals surface area contributed by atoms with Crippen LogP contribution in [0.1, 0.15) is 38.3 Å². The molecule has 1 aromatic rings. The average molecular weight is 334 g/mol. The van der Waals surface area contributed by atoms with E-state index in [1.807, 2.05) is 12.3 Å². The number of hydrogen-bond donors (Lipinski definition) is 0. The van der Waals surface area contributed by atoms with Crippen LogP contribution in [0.25, 0.3) is 0 Å². The SMILES string of the molecule is CC(C)(C)N1C=CC=C2CCN=C(c3ccc(C(F)(F)F)cc3)C21.